The molecule has 9 nitrogen and oxygen atoms in total. The zero-order chi connectivity index (χ0) is 24.9. The van der Waals surface area contributed by atoms with Gasteiger partial charge in [-0.1, -0.05) is 24.3 Å². The second kappa shape index (κ2) is 10.1. The zero-order valence-electron chi connectivity index (χ0n) is 19.1. The molecular weight excluding hydrogens is 456 g/mol. The fraction of sp³-hybridized carbons (Fsp3) is 0.0741. The number of pyridine rings is 2. The number of hydrogen-bond acceptors (Lipinski definition) is 5. The van der Waals surface area contributed by atoms with Crippen molar-refractivity contribution in [2.24, 2.45) is 0 Å². The molecule has 1 aliphatic rings. The van der Waals surface area contributed by atoms with E-state index in [9.17, 15) is 14.4 Å². The van der Waals surface area contributed by atoms with Crippen LogP contribution in [0.25, 0.3) is 17.7 Å². The Bertz CT molecular complexity index is 1540. The van der Waals surface area contributed by atoms with E-state index in [4.69, 9.17) is 0 Å². The zero-order valence-corrected chi connectivity index (χ0v) is 19.1. The van der Waals surface area contributed by atoms with E-state index in [2.05, 4.69) is 25.6 Å². The van der Waals surface area contributed by atoms with E-state index >= 15 is 0 Å². The van der Waals surface area contributed by atoms with Crippen LogP contribution in [-0.4, -0.2) is 37.9 Å². The Kier molecular flexibility index (Phi) is 6.35. The smallest absolute Gasteiger partial charge is 0.263 e. The third kappa shape index (κ3) is 4.90. The number of benzene rings is 1. The first-order valence-electron chi connectivity index (χ1n) is 11.3. The number of nitrogens with zero attached hydrogens (tertiary/aromatic N) is 3. The summed E-state index contributed by atoms with van der Waals surface area (Å²) in [5.41, 5.74) is 4.35. The highest BCUT2D eigenvalue weighted by Crippen LogP contribution is 2.33. The summed E-state index contributed by atoms with van der Waals surface area (Å²) in [5.74, 6) is -0.617. The number of rotatable bonds is 7. The fourth-order valence-electron chi connectivity index (χ4n) is 3.92. The van der Waals surface area contributed by atoms with Crippen molar-refractivity contribution >= 4 is 35.2 Å². The first-order valence-corrected chi connectivity index (χ1v) is 11.3. The molecule has 9 heteroatoms. The molecule has 1 aromatic carbocycles. The summed E-state index contributed by atoms with van der Waals surface area (Å²) in [4.78, 5) is 48.7. The highest BCUT2D eigenvalue weighted by molar-refractivity contribution is 6.34. The summed E-state index contributed by atoms with van der Waals surface area (Å²) >= 11 is 0. The number of nitrogens with one attached hydrogen (secondary N) is 3. The molecule has 0 radical (unpaired) electrons. The minimum Gasteiger partial charge on any atom is -0.348 e. The molecule has 0 aliphatic carbocycles. The molecule has 0 saturated carbocycles. The van der Waals surface area contributed by atoms with Gasteiger partial charge in [0.15, 0.2) is 0 Å². The molecule has 0 atom stereocenters. The summed E-state index contributed by atoms with van der Waals surface area (Å²) in [6.45, 7) is 0.599. The van der Waals surface area contributed by atoms with Crippen LogP contribution in [0.4, 0.5) is 5.69 Å². The molecular formula is C27H22N6O3. The van der Waals surface area contributed by atoms with Crippen molar-refractivity contribution in [2.75, 3.05) is 11.9 Å². The summed E-state index contributed by atoms with van der Waals surface area (Å²) in [7, 11) is 0. The van der Waals surface area contributed by atoms with E-state index in [0.717, 1.165) is 28.1 Å². The molecule has 4 heterocycles. The van der Waals surface area contributed by atoms with Gasteiger partial charge in [0.2, 0.25) is 0 Å². The molecule has 0 bridgehead atoms. The van der Waals surface area contributed by atoms with E-state index in [1.807, 2.05) is 36.4 Å². The summed E-state index contributed by atoms with van der Waals surface area (Å²) in [6, 6.07) is 12.5. The van der Waals surface area contributed by atoms with Crippen LogP contribution < -0.4 is 16.2 Å². The molecule has 1 aliphatic heterocycles. The minimum atomic E-state index is -0.441. The maximum atomic E-state index is 12.8. The number of fused-ring (bicyclic) bond motifs is 1. The summed E-state index contributed by atoms with van der Waals surface area (Å²) in [5, 5.41) is 5.63. The van der Waals surface area contributed by atoms with Crippen LogP contribution in [0.3, 0.4) is 0 Å². The number of imidazole rings is 1. The van der Waals surface area contributed by atoms with Gasteiger partial charge >= 0.3 is 0 Å². The number of aromatic nitrogens is 4. The van der Waals surface area contributed by atoms with Crippen molar-refractivity contribution in [3.05, 3.63) is 118 Å². The quantitative estimate of drug-likeness (QED) is 0.353. The van der Waals surface area contributed by atoms with Gasteiger partial charge in [-0.2, -0.15) is 0 Å². The van der Waals surface area contributed by atoms with E-state index in [1.54, 1.807) is 49.3 Å². The first-order chi connectivity index (χ1) is 17.6. The topological polar surface area (TPSA) is 122 Å². The lowest BCUT2D eigenvalue weighted by molar-refractivity contribution is -0.110. The lowest BCUT2D eigenvalue weighted by Gasteiger charge is -2.08. The Morgan fingerprint density at radius 1 is 1.08 bits per heavy atom. The van der Waals surface area contributed by atoms with Crippen molar-refractivity contribution in [1.82, 2.24) is 24.8 Å². The molecule has 5 rings (SSSR count). The molecule has 0 unspecified atom stereocenters. The predicted molar refractivity (Wildman–Crippen MR) is 137 cm³/mol. The number of carbonyl (C=O) groups is 2. The van der Waals surface area contributed by atoms with Gasteiger partial charge in [0, 0.05) is 36.4 Å². The number of hydrogen-bond donors (Lipinski definition) is 3. The van der Waals surface area contributed by atoms with E-state index in [-0.39, 0.29) is 23.6 Å². The normalized spacial score (nSPS) is 13.7. The van der Waals surface area contributed by atoms with Gasteiger partial charge in [0.1, 0.15) is 5.56 Å². The number of amides is 2. The van der Waals surface area contributed by atoms with Crippen LogP contribution in [0.1, 0.15) is 32.7 Å². The second-order valence-corrected chi connectivity index (χ2v) is 8.15. The van der Waals surface area contributed by atoms with Gasteiger partial charge in [-0.05, 0) is 47.5 Å². The van der Waals surface area contributed by atoms with Crippen molar-refractivity contribution in [1.29, 1.82) is 0 Å². The molecule has 0 spiro atoms. The van der Waals surface area contributed by atoms with E-state index < -0.39 is 5.91 Å². The Morgan fingerprint density at radius 3 is 2.75 bits per heavy atom. The first kappa shape index (κ1) is 22.7. The van der Waals surface area contributed by atoms with Crippen molar-refractivity contribution in [2.45, 2.75) is 6.54 Å². The molecule has 178 valence electrons. The number of carbonyl (C=O) groups excluding carboxylic acids is 2. The van der Waals surface area contributed by atoms with Gasteiger partial charge < -0.3 is 20.2 Å². The van der Waals surface area contributed by atoms with Gasteiger partial charge in [-0.15, -0.1) is 0 Å². The van der Waals surface area contributed by atoms with Gasteiger partial charge in [-0.25, -0.2) is 4.98 Å². The maximum absolute atomic E-state index is 12.8. The largest absolute Gasteiger partial charge is 0.348 e. The summed E-state index contributed by atoms with van der Waals surface area (Å²) in [6.07, 6.45) is 13.6. The van der Waals surface area contributed by atoms with Crippen molar-refractivity contribution in [3.63, 3.8) is 0 Å². The van der Waals surface area contributed by atoms with Crippen LogP contribution in [-0.2, 0) is 11.3 Å². The summed E-state index contributed by atoms with van der Waals surface area (Å²) < 4.78 is 1.49. The molecule has 4 aromatic rings. The van der Waals surface area contributed by atoms with Crippen LogP contribution in [0.2, 0.25) is 0 Å². The Morgan fingerprint density at radius 2 is 1.94 bits per heavy atom. The number of aromatic amines is 1. The van der Waals surface area contributed by atoms with Crippen molar-refractivity contribution < 1.29 is 9.59 Å². The van der Waals surface area contributed by atoms with Gasteiger partial charge in [-0.3, -0.25) is 19.4 Å². The number of H-pyrrole nitrogens is 1. The van der Waals surface area contributed by atoms with Crippen LogP contribution in [0.15, 0.2) is 84.4 Å². The highest BCUT2D eigenvalue weighted by atomic mass is 16.2. The average molecular weight is 479 g/mol. The Hall–Kier alpha value is -5.05. The van der Waals surface area contributed by atoms with E-state index in [0.29, 0.717) is 12.1 Å². The highest BCUT2D eigenvalue weighted by Gasteiger charge is 2.24. The minimum absolute atomic E-state index is 0.0804. The SMILES string of the molecule is O=C1Nc2cc(/C=C/CNC(=O)c3cccn(Cc4ccncc4)c3=O)ccc2C1=Cc1cnc[nH]1. The molecule has 3 aromatic heterocycles. The molecule has 3 N–H and O–H groups in total. The third-order valence-electron chi connectivity index (χ3n) is 5.70. The fourth-order valence-corrected chi connectivity index (χ4v) is 3.92. The van der Waals surface area contributed by atoms with Crippen molar-refractivity contribution in [3.8, 4) is 0 Å². The van der Waals surface area contributed by atoms with E-state index in [1.165, 1.54) is 10.6 Å². The molecule has 2 amide bonds. The molecule has 0 saturated heterocycles. The van der Waals surface area contributed by atoms with Gasteiger partial charge in [0.25, 0.3) is 17.4 Å². The van der Waals surface area contributed by atoms with Gasteiger partial charge in [0.05, 0.1) is 30.3 Å². The predicted octanol–water partition coefficient (Wildman–Crippen LogP) is 2.95. The lowest BCUT2D eigenvalue weighted by Crippen LogP contribution is -2.33. The van der Waals surface area contributed by atoms with Crippen LogP contribution in [0, 0.1) is 0 Å². The average Bonchev–Trinajstić information content (AvgIpc) is 3.51. The van der Waals surface area contributed by atoms with Crippen LogP contribution >= 0.6 is 0 Å². The lowest BCUT2D eigenvalue weighted by atomic mass is 10.0. The third-order valence-corrected chi connectivity index (χ3v) is 5.70. The second-order valence-electron chi connectivity index (χ2n) is 8.15. The molecule has 36 heavy (non-hydrogen) atoms. The maximum Gasteiger partial charge on any atom is 0.263 e. The Balaban J connectivity index is 1.22. The molecule has 0 fully saturated rings. The van der Waals surface area contributed by atoms with Crippen LogP contribution in [0.5, 0.6) is 0 Å². The monoisotopic (exact) mass is 478 g/mol. The standard InChI is InChI=1S/C27H22N6O3/c34-25(22-4-2-12-33(27(22)36)16-19-7-10-28-11-8-19)30-9-1-3-18-5-6-21-23(14-20-15-29-17-31-20)26(35)32-24(21)13-18/h1-8,10-15,17H,9,16H2,(H,29,31)(H,30,34)(H,32,35)/b3-1+,23-14?. The number of anilines is 1. The Labute approximate surface area is 206 Å².